The Labute approximate surface area is 298 Å². The third-order valence-corrected chi connectivity index (χ3v) is 9.12. The molecule has 0 bridgehead atoms. The molecule has 2 aliphatic heterocycles. The van der Waals surface area contributed by atoms with E-state index in [1.54, 1.807) is 11.8 Å². The van der Waals surface area contributed by atoms with E-state index >= 15 is 0 Å². The zero-order chi connectivity index (χ0) is 38.7. The summed E-state index contributed by atoms with van der Waals surface area (Å²) in [5.41, 5.74) is -3.57. The minimum atomic E-state index is -5.07. The van der Waals surface area contributed by atoms with Crippen LogP contribution in [0.4, 0.5) is 56.8 Å². The first kappa shape index (κ1) is 39.6. The SMILES string of the molecule is CCC1CC(Nc2ncc(N3CCOCC3)c(Cc3cc(C(F)(F)F)cc(C(F)(F)F)c3)n2)c2cc(C(F)(F)F)ccc2N1C(=O)CCCC(=O)OC. The predicted octanol–water partition coefficient (Wildman–Crippen LogP) is 7.97. The highest BCUT2D eigenvalue weighted by Crippen LogP contribution is 2.44. The normalized spacial score (nSPS) is 18.1. The largest absolute Gasteiger partial charge is 0.469 e. The lowest BCUT2D eigenvalue weighted by molar-refractivity contribution is -0.143. The Kier molecular flexibility index (Phi) is 11.8. The number of morpholine rings is 1. The molecule has 1 saturated heterocycles. The Morgan fingerprint density at radius 1 is 0.887 bits per heavy atom. The number of amides is 1. The molecule has 288 valence electrons. The Bertz CT molecular complexity index is 1760. The highest BCUT2D eigenvalue weighted by Gasteiger charge is 2.40. The van der Waals surface area contributed by atoms with E-state index in [1.165, 1.54) is 24.3 Å². The summed E-state index contributed by atoms with van der Waals surface area (Å²) in [5, 5.41) is 3.04. The lowest BCUT2D eigenvalue weighted by atomic mass is 9.88. The molecule has 0 aliphatic carbocycles. The van der Waals surface area contributed by atoms with Crippen LogP contribution in [0.3, 0.4) is 0 Å². The molecule has 2 atom stereocenters. The van der Waals surface area contributed by atoms with E-state index in [1.807, 2.05) is 0 Å². The number of anilines is 3. The van der Waals surface area contributed by atoms with Crippen molar-refractivity contribution in [3.05, 3.63) is 76.1 Å². The molecular formula is C35H36F9N5O4. The van der Waals surface area contributed by atoms with Gasteiger partial charge in [0.2, 0.25) is 11.9 Å². The van der Waals surface area contributed by atoms with Crippen molar-refractivity contribution >= 4 is 29.2 Å². The second kappa shape index (κ2) is 15.8. The maximum Gasteiger partial charge on any atom is 0.416 e. The molecular weight excluding hydrogens is 725 g/mol. The van der Waals surface area contributed by atoms with E-state index < -0.39 is 65.6 Å². The Morgan fingerprint density at radius 3 is 2.11 bits per heavy atom. The highest BCUT2D eigenvalue weighted by molar-refractivity contribution is 5.95. The van der Waals surface area contributed by atoms with Crippen molar-refractivity contribution in [2.45, 2.75) is 76.1 Å². The summed E-state index contributed by atoms with van der Waals surface area (Å²) in [7, 11) is 1.21. The first-order valence-corrected chi connectivity index (χ1v) is 16.7. The third kappa shape index (κ3) is 9.50. The quantitative estimate of drug-likeness (QED) is 0.164. The number of carbonyl (C=O) groups excluding carboxylic acids is 2. The molecule has 1 fully saturated rings. The summed E-state index contributed by atoms with van der Waals surface area (Å²) in [4.78, 5) is 37.2. The number of benzene rings is 2. The van der Waals surface area contributed by atoms with Gasteiger partial charge in [-0.15, -0.1) is 0 Å². The van der Waals surface area contributed by atoms with Crippen LogP contribution in [0, 0.1) is 0 Å². The number of rotatable bonds is 10. The molecule has 2 aliphatic rings. The second-order valence-corrected chi connectivity index (χ2v) is 12.7. The molecule has 3 aromatic rings. The minimum absolute atomic E-state index is 0.0327. The van der Waals surface area contributed by atoms with Crippen molar-refractivity contribution in [3.63, 3.8) is 0 Å². The number of esters is 1. The van der Waals surface area contributed by atoms with Crippen molar-refractivity contribution in [1.82, 2.24) is 9.97 Å². The second-order valence-electron chi connectivity index (χ2n) is 12.7. The minimum Gasteiger partial charge on any atom is -0.469 e. The van der Waals surface area contributed by atoms with Gasteiger partial charge in [0.05, 0.1) is 60.6 Å². The van der Waals surface area contributed by atoms with Crippen LogP contribution in [-0.4, -0.2) is 61.3 Å². The fraction of sp³-hybridized carbons (Fsp3) is 0.486. The molecule has 0 spiro atoms. The lowest BCUT2D eigenvalue weighted by Gasteiger charge is -2.41. The Hall–Kier alpha value is -4.61. The van der Waals surface area contributed by atoms with Crippen LogP contribution in [0.1, 0.15) is 78.6 Å². The van der Waals surface area contributed by atoms with Gasteiger partial charge < -0.3 is 24.6 Å². The fourth-order valence-electron chi connectivity index (χ4n) is 6.51. The van der Waals surface area contributed by atoms with Crippen LogP contribution >= 0.6 is 0 Å². The summed E-state index contributed by atoms with van der Waals surface area (Å²) >= 11 is 0. The number of hydrogen-bond donors (Lipinski definition) is 1. The van der Waals surface area contributed by atoms with E-state index in [9.17, 15) is 49.1 Å². The van der Waals surface area contributed by atoms with Crippen molar-refractivity contribution in [2.75, 3.05) is 48.5 Å². The average Bonchev–Trinajstić information content (AvgIpc) is 3.10. The average molecular weight is 762 g/mol. The van der Waals surface area contributed by atoms with Crippen LogP contribution in [0.5, 0.6) is 0 Å². The van der Waals surface area contributed by atoms with Crippen LogP contribution in [0.2, 0.25) is 0 Å². The van der Waals surface area contributed by atoms with Gasteiger partial charge in [-0.3, -0.25) is 9.59 Å². The van der Waals surface area contributed by atoms with Gasteiger partial charge in [0.1, 0.15) is 0 Å². The van der Waals surface area contributed by atoms with E-state index in [4.69, 9.17) is 4.74 Å². The predicted molar refractivity (Wildman–Crippen MR) is 174 cm³/mol. The molecule has 0 saturated carbocycles. The summed E-state index contributed by atoms with van der Waals surface area (Å²) in [6, 6.07) is 2.83. The summed E-state index contributed by atoms with van der Waals surface area (Å²) < 4.78 is 134. The van der Waals surface area contributed by atoms with E-state index in [2.05, 4.69) is 20.0 Å². The molecule has 1 amide bonds. The smallest absolute Gasteiger partial charge is 0.416 e. The maximum absolute atomic E-state index is 13.9. The number of nitrogens with one attached hydrogen (secondary N) is 1. The number of aromatic nitrogens is 2. The molecule has 3 heterocycles. The molecule has 53 heavy (non-hydrogen) atoms. The molecule has 1 N–H and O–H groups in total. The molecule has 18 heteroatoms. The molecule has 9 nitrogen and oxygen atoms in total. The first-order valence-electron chi connectivity index (χ1n) is 16.7. The highest BCUT2D eigenvalue weighted by atomic mass is 19.4. The number of hydrogen-bond acceptors (Lipinski definition) is 8. The Balaban J connectivity index is 1.54. The molecule has 2 aromatic carbocycles. The number of carbonyl (C=O) groups is 2. The van der Waals surface area contributed by atoms with Gasteiger partial charge in [0.25, 0.3) is 0 Å². The van der Waals surface area contributed by atoms with Gasteiger partial charge in [0, 0.05) is 44.1 Å². The van der Waals surface area contributed by atoms with Crippen molar-refractivity contribution < 1.29 is 58.6 Å². The van der Waals surface area contributed by atoms with Crippen LogP contribution in [0.15, 0.2) is 42.6 Å². The number of halogens is 9. The lowest BCUT2D eigenvalue weighted by Crippen LogP contribution is -2.45. The van der Waals surface area contributed by atoms with E-state index in [0.29, 0.717) is 37.3 Å². The maximum atomic E-state index is 13.9. The van der Waals surface area contributed by atoms with Gasteiger partial charge in [-0.25, -0.2) is 9.97 Å². The zero-order valence-corrected chi connectivity index (χ0v) is 28.6. The molecule has 0 radical (unpaired) electrons. The van der Waals surface area contributed by atoms with Crippen LogP contribution in [-0.2, 0) is 44.0 Å². The molecule has 5 rings (SSSR count). The monoisotopic (exact) mass is 761 g/mol. The van der Waals surface area contributed by atoms with Gasteiger partial charge in [-0.1, -0.05) is 6.92 Å². The van der Waals surface area contributed by atoms with Crippen molar-refractivity contribution in [3.8, 4) is 0 Å². The Morgan fingerprint density at radius 2 is 1.53 bits per heavy atom. The summed E-state index contributed by atoms with van der Waals surface area (Å²) in [6.45, 7) is 3.03. The molecule has 2 unspecified atom stereocenters. The summed E-state index contributed by atoms with van der Waals surface area (Å²) in [5.74, 6) is -1.06. The first-order chi connectivity index (χ1) is 24.9. The number of ether oxygens (including phenoxy) is 2. The van der Waals surface area contributed by atoms with Crippen molar-refractivity contribution in [1.29, 1.82) is 0 Å². The fourth-order valence-corrected chi connectivity index (χ4v) is 6.51. The van der Waals surface area contributed by atoms with E-state index in [-0.39, 0.29) is 73.4 Å². The van der Waals surface area contributed by atoms with Crippen molar-refractivity contribution in [2.24, 2.45) is 0 Å². The van der Waals surface area contributed by atoms with Crippen LogP contribution < -0.4 is 15.1 Å². The number of methoxy groups -OCH3 is 1. The van der Waals surface area contributed by atoms with Gasteiger partial charge in [0.15, 0.2) is 0 Å². The summed E-state index contributed by atoms with van der Waals surface area (Å²) in [6.07, 6.45) is -13.5. The number of nitrogens with zero attached hydrogens (tertiary/aromatic N) is 4. The zero-order valence-electron chi connectivity index (χ0n) is 28.6. The number of fused-ring (bicyclic) bond motifs is 1. The third-order valence-electron chi connectivity index (χ3n) is 9.12. The van der Waals surface area contributed by atoms with E-state index in [0.717, 1.165) is 12.1 Å². The van der Waals surface area contributed by atoms with Crippen LogP contribution in [0.25, 0.3) is 0 Å². The standard InChI is InChI=1S/C35H36F9N5O4/c1-3-24-18-26(25-17-21(33(36,37)38)7-8-28(25)49(24)30(50)5-4-6-31(51)52-2)46-32-45-19-29(48-9-11-53-12-10-48)27(47-32)15-20-13-22(34(39,40)41)16-23(14-20)35(42,43)44/h7-8,13-14,16-17,19,24,26H,3-6,9-12,15,18H2,1-2H3,(H,45,46,47). The van der Waals surface area contributed by atoms with Gasteiger partial charge in [-0.2, -0.15) is 39.5 Å². The van der Waals surface area contributed by atoms with Gasteiger partial charge >= 0.3 is 24.5 Å². The topological polar surface area (TPSA) is 96.9 Å². The number of alkyl halides is 9. The molecule has 1 aromatic heterocycles. The van der Waals surface area contributed by atoms with Gasteiger partial charge in [-0.05, 0) is 66.8 Å².